The number of aryl methyl sites for hydroxylation is 1. The topological polar surface area (TPSA) is 41.1 Å². The standard InChI is InChI=1S/C15H21FN2OS/c1-11-8-13(16)3-2-12(11)4-5-18-15(19)9-14-10-20-7-6-17-14/h2-3,8,14,17H,4-7,9-10H2,1H3,(H,18,19). The lowest BCUT2D eigenvalue weighted by atomic mass is 10.1. The Hall–Kier alpha value is -1.07. The van der Waals surface area contributed by atoms with Crippen molar-refractivity contribution in [1.82, 2.24) is 10.6 Å². The van der Waals surface area contributed by atoms with Gasteiger partial charge in [-0.05, 0) is 36.6 Å². The number of rotatable bonds is 5. The molecular formula is C15H21FN2OS. The average Bonchev–Trinajstić information content (AvgIpc) is 2.42. The van der Waals surface area contributed by atoms with Gasteiger partial charge in [0, 0.05) is 37.1 Å². The smallest absolute Gasteiger partial charge is 0.221 e. The fraction of sp³-hybridized carbons (Fsp3) is 0.533. The molecule has 2 N–H and O–H groups in total. The molecular weight excluding hydrogens is 275 g/mol. The van der Waals surface area contributed by atoms with Crippen LogP contribution in [0.3, 0.4) is 0 Å². The summed E-state index contributed by atoms with van der Waals surface area (Å²) in [5, 5.41) is 6.29. The molecule has 0 aromatic heterocycles. The third-order valence-electron chi connectivity index (χ3n) is 3.45. The van der Waals surface area contributed by atoms with Crippen LogP contribution in [0, 0.1) is 12.7 Å². The number of hydrogen-bond donors (Lipinski definition) is 2. The van der Waals surface area contributed by atoms with Crippen LogP contribution in [0.1, 0.15) is 17.5 Å². The second-order valence-electron chi connectivity index (χ2n) is 5.10. The first-order chi connectivity index (χ1) is 9.65. The lowest BCUT2D eigenvalue weighted by Gasteiger charge is -2.22. The molecule has 2 rings (SSSR count). The first-order valence-corrected chi connectivity index (χ1v) is 8.13. The van der Waals surface area contributed by atoms with E-state index in [1.807, 2.05) is 18.7 Å². The average molecular weight is 296 g/mol. The van der Waals surface area contributed by atoms with Crippen LogP contribution in [0.4, 0.5) is 4.39 Å². The zero-order valence-corrected chi connectivity index (χ0v) is 12.6. The van der Waals surface area contributed by atoms with Crippen LogP contribution < -0.4 is 10.6 Å². The van der Waals surface area contributed by atoms with Crippen molar-refractivity contribution in [2.24, 2.45) is 0 Å². The molecule has 1 heterocycles. The van der Waals surface area contributed by atoms with Crippen molar-refractivity contribution >= 4 is 17.7 Å². The Morgan fingerprint density at radius 3 is 3.10 bits per heavy atom. The summed E-state index contributed by atoms with van der Waals surface area (Å²) in [5.41, 5.74) is 2.02. The van der Waals surface area contributed by atoms with Crippen molar-refractivity contribution in [2.75, 3.05) is 24.6 Å². The minimum absolute atomic E-state index is 0.0877. The fourth-order valence-corrected chi connectivity index (χ4v) is 3.27. The van der Waals surface area contributed by atoms with E-state index in [1.54, 1.807) is 6.07 Å². The third kappa shape index (κ3) is 4.80. The number of thioether (sulfide) groups is 1. The lowest BCUT2D eigenvalue weighted by Crippen LogP contribution is -2.41. The normalized spacial score (nSPS) is 18.8. The highest BCUT2D eigenvalue weighted by Crippen LogP contribution is 2.11. The van der Waals surface area contributed by atoms with Gasteiger partial charge < -0.3 is 10.6 Å². The molecule has 1 aromatic carbocycles. The number of nitrogens with one attached hydrogen (secondary N) is 2. The number of halogens is 1. The van der Waals surface area contributed by atoms with E-state index in [9.17, 15) is 9.18 Å². The van der Waals surface area contributed by atoms with Crippen LogP contribution in [0.5, 0.6) is 0 Å². The Morgan fingerprint density at radius 1 is 1.55 bits per heavy atom. The molecule has 110 valence electrons. The minimum atomic E-state index is -0.212. The Balaban J connectivity index is 1.70. The summed E-state index contributed by atoms with van der Waals surface area (Å²) in [6, 6.07) is 5.07. The summed E-state index contributed by atoms with van der Waals surface area (Å²) in [7, 11) is 0. The van der Waals surface area contributed by atoms with E-state index < -0.39 is 0 Å². The van der Waals surface area contributed by atoms with E-state index in [2.05, 4.69) is 10.6 Å². The number of carbonyl (C=O) groups excluding carboxylic acids is 1. The highest BCUT2D eigenvalue weighted by atomic mass is 32.2. The van der Waals surface area contributed by atoms with Gasteiger partial charge in [-0.25, -0.2) is 4.39 Å². The maximum Gasteiger partial charge on any atom is 0.221 e. The molecule has 0 saturated carbocycles. The van der Waals surface area contributed by atoms with Crippen molar-refractivity contribution in [2.45, 2.75) is 25.8 Å². The first-order valence-electron chi connectivity index (χ1n) is 6.98. The molecule has 0 aliphatic carbocycles. The summed E-state index contributed by atoms with van der Waals surface area (Å²) in [6.07, 6.45) is 1.28. The maximum absolute atomic E-state index is 13.0. The van der Waals surface area contributed by atoms with Crippen molar-refractivity contribution in [3.05, 3.63) is 35.1 Å². The molecule has 0 spiro atoms. The molecule has 1 atom stereocenters. The lowest BCUT2D eigenvalue weighted by molar-refractivity contribution is -0.121. The predicted octanol–water partition coefficient (Wildman–Crippen LogP) is 1.89. The number of carbonyl (C=O) groups is 1. The molecule has 1 amide bonds. The Labute approximate surface area is 123 Å². The van der Waals surface area contributed by atoms with Gasteiger partial charge in [-0.15, -0.1) is 0 Å². The number of benzene rings is 1. The van der Waals surface area contributed by atoms with E-state index in [-0.39, 0.29) is 11.7 Å². The molecule has 5 heteroatoms. The Morgan fingerprint density at radius 2 is 2.40 bits per heavy atom. The van der Waals surface area contributed by atoms with Crippen LogP contribution in [0.25, 0.3) is 0 Å². The maximum atomic E-state index is 13.0. The molecule has 20 heavy (non-hydrogen) atoms. The minimum Gasteiger partial charge on any atom is -0.356 e. The molecule has 1 saturated heterocycles. The fourth-order valence-electron chi connectivity index (χ4n) is 2.32. The molecule has 1 aliphatic heterocycles. The van der Waals surface area contributed by atoms with E-state index >= 15 is 0 Å². The van der Waals surface area contributed by atoms with Gasteiger partial charge in [0.1, 0.15) is 5.82 Å². The van der Waals surface area contributed by atoms with Crippen LogP contribution in [0.15, 0.2) is 18.2 Å². The summed E-state index contributed by atoms with van der Waals surface area (Å²) >= 11 is 1.89. The van der Waals surface area contributed by atoms with Gasteiger partial charge in [0.2, 0.25) is 5.91 Å². The highest BCUT2D eigenvalue weighted by molar-refractivity contribution is 7.99. The Kier molecular flexibility index (Phi) is 5.86. The number of amides is 1. The van der Waals surface area contributed by atoms with Gasteiger partial charge >= 0.3 is 0 Å². The summed E-state index contributed by atoms with van der Waals surface area (Å²) < 4.78 is 13.0. The van der Waals surface area contributed by atoms with Gasteiger partial charge in [0.15, 0.2) is 0 Å². The molecule has 1 aromatic rings. The van der Waals surface area contributed by atoms with Gasteiger partial charge in [0.05, 0.1) is 0 Å². The van der Waals surface area contributed by atoms with Crippen molar-refractivity contribution in [1.29, 1.82) is 0 Å². The number of hydrogen-bond acceptors (Lipinski definition) is 3. The predicted molar refractivity (Wildman–Crippen MR) is 81.6 cm³/mol. The van der Waals surface area contributed by atoms with Gasteiger partial charge in [-0.3, -0.25) is 4.79 Å². The van der Waals surface area contributed by atoms with E-state index in [0.29, 0.717) is 19.0 Å². The molecule has 0 radical (unpaired) electrons. The van der Waals surface area contributed by atoms with Crippen molar-refractivity contribution in [3.8, 4) is 0 Å². The van der Waals surface area contributed by atoms with Gasteiger partial charge in [-0.1, -0.05) is 6.07 Å². The molecule has 1 fully saturated rings. The summed E-state index contributed by atoms with van der Waals surface area (Å²) in [5.74, 6) is 2.01. The molecule has 3 nitrogen and oxygen atoms in total. The zero-order chi connectivity index (χ0) is 14.4. The van der Waals surface area contributed by atoms with Gasteiger partial charge in [-0.2, -0.15) is 11.8 Å². The molecule has 1 unspecified atom stereocenters. The second kappa shape index (κ2) is 7.64. The SMILES string of the molecule is Cc1cc(F)ccc1CCNC(=O)CC1CSCCN1. The third-order valence-corrected chi connectivity index (χ3v) is 4.58. The highest BCUT2D eigenvalue weighted by Gasteiger charge is 2.16. The van der Waals surface area contributed by atoms with E-state index in [0.717, 1.165) is 35.6 Å². The van der Waals surface area contributed by atoms with Crippen molar-refractivity contribution < 1.29 is 9.18 Å². The van der Waals surface area contributed by atoms with Crippen LogP contribution in [0.2, 0.25) is 0 Å². The Bertz CT molecular complexity index is 461. The van der Waals surface area contributed by atoms with Crippen LogP contribution in [-0.2, 0) is 11.2 Å². The summed E-state index contributed by atoms with van der Waals surface area (Å²) in [6.45, 7) is 3.48. The van der Waals surface area contributed by atoms with Crippen LogP contribution >= 0.6 is 11.8 Å². The van der Waals surface area contributed by atoms with Crippen LogP contribution in [-0.4, -0.2) is 36.5 Å². The van der Waals surface area contributed by atoms with Gasteiger partial charge in [0.25, 0.3) is 0 Å². The van der Waals surface area contributed by atoms with Crippen molar-refractivity contribution in [3.63, 3.8) is 0 Å². The summed E-state index contributed by atoms with van der Waals surface area (Å²) in [4.78, 5) is 11.8. The monoisotopic (exact) mass is 296 g/mol. The quantitative estimate of drug-likeness (QED) is 0.872. The zero-order valence-electron chi connectivity index (χ0n) is 11.7. The second-order valence-corrected chi connectivity index (χ2v) is 6.25. The molecule has 0 bridgehead atoms. The molecule has 1 aliphatic rings. The van der Waals surface area contributed by atoms with E-state index in [4.69, 9.17) is 0 Å². The first kappa shape index (κ1) is 15.3. The van der Waals surface area contributed by atoms with E-state index in [1.165, 1.54) is 12.1 Å². The largest absolute Gasteiger partial charge is 0.356 e.